The first-order valence-electron chi connectivity index (χ1n) is 6.01. The number of halogens is 1. The van der Waals surface area contributed by atoms with Gasteiger partial charge in [0.25, 0.3) is 0 Å². The molecule has 0 amide bonds. The van der Waals surface area contributed by atoms with Crippen molar-refractivity contribution in [3.8, 4) is 0 Å². The van der Waals surface area contributed by atoms with Crippen molar-refractivity contribution in [1.82, 2.24) is 0 Å². The normalized spacial score (nSPS) is 27.7. The van der Waals surface area contributed by atoms with Crippen LogP contribution >= 0.6 is 22.9 Å². The zero-order valence-electron chi connectivity index (χ0n) is 9.91. The van der Waals surface area contributed by atoms with Gasteiger partial charge in [0, 0.05) is 15.7 Å². The van der Waals surface area contributed by atoms with Gasteiger partial charge in [-0.05, 0) is 30.7 Å². The summed E-state index contributed by atoms with van der Waals surface area (Å²) < 4.78 is 6.02. The Morgan fingerprint density at radius 1 is 1.50 bits per heavy atom. The van der Waals surface area contributed by atoms with Gasteiger partial charge in [-0.3, -0.25) is 0 Å². The van der Waals surface area contributed by atoms with Crippen LogP contribution in [0.3, 0.4) is 0 Å². The largest absolute Gasteiger partial charge is 0.372 e. The first-order valence-corrected chi connectivity index (χ1v) is 7.32. The third kappa shape index (κ3) is 2.03. The summed E-state index contributed by atoms with van der Waals surface area (Å²) in [4.78, 5) is 1.30. The Bertz CT molecular complexity index is 319. The zero-order valence-corrected chi connectivity index (χ0v) is 11.5. The molecule has 0 saturated heterocycles. The van der Waals surface area contributed by atoms with E-state index in [1.807, 2.05) is 0 Å². The molecule has 0 spiro atoms. The Kier molecular flexibility index (Phi) is 3.93. The number of ether oxygens (including phenoxy) is 1. The maximum absolute atomic E-state index is 6.35. The summed E-state index contributed by atoms with van der Waals surface area (Å²) in [6.07, 6.45) is 3.60. The highest BCUT2D eigenvalue weighted by Crippen LogP contribution is 2.52. The molecule has 1 nitrogen and oxygen atoms in total. The van der Waals surface area contributed by atoms with Crippen LogP contribution in [0, 0.1) is 5.41 Å². The molecule has 1 aromatic rings. The highest BCUT2D eigenvalue weighted by Gasteiger charge is 2.52. The molecule has 1 heterocycles. The zero-order chi connectivity index (χ0) is 11.6. The van der Waals surface area contributed by atoms with Crippen LogP contribution in [0.5, 0.6) is 0 Å². The minimum Gasteiger partial charge on any atom is -0.372 e. The fourth-order valence-corrected chi connectivity index (χ4v) is 3.89. The van der Waals surface area contributed by atoms with Crippen LogP contribution in [0.25, 0.3) is 0 Å². The molecule has 1 aromatic heterocycles. The van der Waals surface area contributed by atoms with Gasteiger partial charge < -0.3 is 4.74 Å². The predicted octanol–water partition coefficient (Wildman–Crippen LogP) is 4.45. The second-order valence-electron chi connectivity index (χ2n) is 4.52. The summed E-state index contributed by atoms with van der Waals surface area (Å²) in [7, 11) is 0. The van der Waals surface area contributed by atoms with Crippen LogP contribution < -0.4 is 0 Å². The quantitative estimate of drug-likeness (QED) is 0.709. The van der Waals surface area contributed by atoms with Gasteiger partial charge in [-0.15, -0.1) is 22.9 Å². The number of hydrogen-bond acceptors (Lipinski definition) is 2. The van der Waals surface area contributed by atoms with Gasteiger partial charge in [-0.2, -0.15) is 0 Å². The van der Waals surface area contributed by atoms with E-state index in [-0.39, 0.29) is 5.41 Å². The van der Waals surface area contributed by atoms with E-state index in [0.29, 0.717) is 11.5 Å². The molecular formula is C13H19ClOS. The molecule has 0 radical (unpaired) electrons. The number of thiophene rings is 1. The molecule has 1 aliphatic carbocycles. The summed E-state index contributed by atoms with van der Waals surface area (Å²) in [6, 6.07) is 4.20. The van der Waals surface area contributed by atoms with Gasteiger partial charge in [-0.1, -0.05) is 19.9 Å². The molecule has 1 aliphatic rings. The smallest absolute Gasteiger partial charge is 0.0813 e. The van der Waals surface area contributed by atoms with E-state index in [9.17, 15) is 0 Å². The van der Waals surface area contributed by atoms with Crippen molar-refractivity contribution in [2.75, 3.05) is 0 Å². The van der Waals surface area contributed by atoms with E-state index in [0.717, 1.165) is 25.9 Å². The third-order valence-corrected chi connectivity index (χ3v) is 5.47. The lowest BCUT2D eigenvalue weighted by Crippen LogP contribution is -2.55. The topological polar surface area (TPSA) is 9.23 Å². The first kappa shape index (κ1) is 12.4. The van der Waals surface area contributed by atoms with Crippen LogP contribution in [0.1, 0.15) is 38.0 Å². The van der Waals surface area contributed by atoms with Gasteiger partial charge in [0.05, 0.1) is 12.7 Å². The van der Waals surface area contributed by atoms with E-state index in [4.69, 9.17) is 16.3 Å². The van der Waals surface area contributed by atoms with E-state index in [1.165, 1.54) is 4.88 Å². The fourth-order valence-electron chi connectivity index (χ4n) is 2.66. The van der Waals surface area contributed by atoms with Crippen molar-refractivity contribution in [2.45, 2.75) is 51.2 Å². The van der Waals surface area contributed by atoms with Gasteiger partial charge in [0.2, 0.25) is 0 Å². The molecule has 0 bridgehead atoms. The third-order valence-electron chi connectivity index (χ3n) is 4.01. The molecule has 3 heteroatoms. The maximum atomic E-state index is 6.35. The monoisotopic (exact) mass is 258 g/mol. The van der Waals surface area contributed by atoms with Gasteiger partial charge in [0.15, 0.2) is 0 Å². The Morgan fingerprint density at radius 3 is 2.75 bits per heavy atom. The van der Waals surface area contributed by atoms with Gasteiger partial charge in [0.1, 0.15) is 0 Å². The maximum Gasteiger partial charge on any atom is 0.0813 e. The average molecular weight is 259 g/mol. The van der Waals surface area contributed by atoms with Crippen molar-refractivity contribution in [1.29, 1.82) is 0 Å². The van der Waals surface area contributed by atoms with E-state index >= 15 is 0 Å². The van der Waals surface area contributed by atoms with Gasteiger partial charge in [-0.25, -0.2) is 0 Å². The molecular weight excluding hydrogens is 240 g/mol. The summed E-state index contributed by atoms with van der Waals surface area (Å²) in [5.41, 5.74) is 0.221. The molecule has 16 heavy (non-hydrogen) atoms. The van der Waals surface area contributed by atoms with Crippen LogP contribution in [0.15, 0.2) is 17.5 Å². The summed E-state index contributed by atoms with van der Waals surface area (Å²) in [6.45, 7) is 5.19. The van der Waals surface area contributed by atoms with Crippen LogP contribution in [-0.4, -0.2) is 11.5 Å². The molecule has 90 valence electrons. The minimum absolute atomic E-state index is 0.221. The lowest BCUT2D eigenvalue weighted by Gasteiger charge is -2.52. The number of rotatable bonds is 5. The predicted molar refractivity (Wildman–Crippen MR) is 70.2 cm³/mol. The van der Waals surface area contributed by atoms with Crippen LogP contribution in [0.4, 0.5) is 0 Å². The summed E-state index contributed by atoms with van der Waals surface area (Å²) in [5.74, 6) is 0. The Balaban J connectivity index is 1.91. The molecule has 1 saturated carbocycles. The van der Waals surface area contributed by atoms with Crippen LogP contribution in [0.2, 0.25) is 0 Å². The molecule has 0 N–H and O–H groups in total. The lowest BCUT2D eigenvalue weighted by atomic mass is 9.62. The Hall–Kier alpha value is -0.0500. The van der Waals surface area contributed by atoms with E-state index in [1.54, 1.807) is 11.3 Å². The van der Waals surface area contributed by atoms with Crippen molar-refractivity contribution >= 4 is 22.9 Å². The number of hydrogen-bond donors (Lipinski definition) is 0. The summed E-state index contributed by atoms with van der Waals surface area (Å²) >= 11 is 8.11. The van der Waals surface area contributed by atoms with Gasteiger partial charge >= 0.3 is 0 Å². The van der Waals surface area contributed by atoms with Crippen molar-refractivity contribution < 1.29 is 4.74 Å². The Morgan fingerprint density at radius 2 is 2.25 bits per heavy atom. The molecule has 0 aromatic carbocycles. The van der Waals surface area contributed by atoms with Crippen molar-refractivity contribution in [3.63, 3.8) is 0 Å². The van der Waals surface area contributed by atoms with E-state index < -0.39 is 0 Å². The van der Waals surface area contributed by atoms with Crippen molar-refractivity contribution in [3.05, 3.63) is 22.4 Å². The molecule has 2 rings (SSSR count). The molecule has 1 fully saturated rings. The molecule has 2 unspecified atom stereocenters. The lowest BCUT2D eigenvalue weighted by molar-refractivity contribution is -0.118. The fraction of sp³-hybridized carbons (Fsp3) is 0.692. The molecule has 0 aliphatic heterocycles. The van der Waals surface area contributed by atoms with Crippen LogP contribution in [-0.2, 0) is 11.3 Å². The standard InChI is InChI=1S/C13H19ClOS/c1-3-13(4-2)11(14)8-12(13)15-9-10-6-5-7-16-10/h5-7,11-12H,3-4,8-9H2,1-2H3. The SMILES string of the molecule is CCC1(CC)C(Cl)CC1OCc1cccs1. The second-order valence-corrected chi connectivity index (χ2v) is 6.08. The van der Waals surface area contributed by atoms with E-state index in [2.05, 4.69) is 31.4 Å². The highest BCUT2D eigenvalue weighted by molar-refractivity contribution is 7.09. The average Bonchev–Trinajstić information content (AvgIpc) is 2.78. The molecule has 2 atom stereocenters. The first-order chi connectivity index (χ1) is 7.73. The minimum atomic E-state index is 0.221. The van der Waals surface area contributed by atoms with Crippen molar-refractivity contribution in [2.24, 2.45) is 5.41 Å². The highest BCUT2D eigenvalue weighted by atomic mass is 35.5. The second kappa shape index (κ2) is 5.07. The Labute approximate surface area is 107 Å². The summed E-state index contributed by atoms with van der Waals surface area (Å²) in [5, 5.41) is 2.40. The number of alkyl halides is 1.